The third kappa shape index (κ3) is 4.35. The number of nitriles is 1. The van der Waals surface area contributed by atoms with E-state index >= 15 is 0 Å². The number of aromatic nitrogens is 1. The molecule has 2 unspecified atom stereocenters. The first-order chi connectivity index (χ1) is 16.5. The number of fused-ring (bicyclic) bond motifs is 1. The van der Waals surface area contributed by atoms with Gasteiger partial charge in [-0.25, -0.2) is 4.79 Å². The zero-order valence-electron chi connectivity index (χ0n) is 18.9. The maximum Gasteiger partial charge on any atom is 0.419 e. The van der Waals surface area contributed by atoms with Crippen molar-refractivity contribution < 1.29 is 18.7 Å². The Kier molecular flexibility index (Phi) is 5.96. The number of benzene rings is 2. The summed E-state index contributed by atoms with van der Waals surface area (Å²) in [7, 11) is 1.67. The predicted octanol–water partition coefficient (Wildman–Crippen LogP) is 1.35. The molecule has 5 rings (SSSR count). The Bertz CT molecular complexity index is 1300. The van der Waals surface area contributed by atoms with E-state index in [0.717, 1.165) is 28.8 Å². The van der Waals surface area contributed by atoms with E-state index in [1.54, 1.807) is 13.1 Å². The smallest absolute Gasteiger partial charge is 0.408 e. The third-order valence-electron chi connectivity index (χ3n) is 6.52. The van der Waals surface area contributed by atoms with Crippen molar-refractivity contribution in [3.8, 4) is 17.2 Å². The lowest BCUT2D eigenvalue weighted by Crippen LogP contribution is -2.51. The Morgan fingerprint density at radius 3 is 2.71 bits per heavy atom. The second-order valence-corrected chi connectivity index (χ2v) is 9.12. The number of amides is 1. The van der Waals surface area contributed by atoms with E-state index in [9.17, 15) is 14.9 Å². The molecule has 3 heterocycles. The van der Waals surface area contributed by atoms with E-state index in [1.165, 1.54) is 4.57 Å². The van der Waals surface area contributed by atoms with Crippen LogP contribution in [0.1, 0.15) is 5.56 Å². The highest BCUT2D eigenvalue weighted by Gasteiger charge is 2.42. The van der Waals surface area contributed by atoms with Crippen LogP contribution in [0.2, 0.25) is 0 Å². The molecule has 0 bridgehead atoms. The molecule has 3 aromatic rings. The van der Waals surface area contributed by atoms with Crippen LogP contribution < -0.4 is 16.4 Å². The highest BCUT2D eigenvalue weighted by Crippen LogP contribution is 2.29. The summed E-state index contributed by atoms with van der Waals surface area (Å²) in [5.41, 5.74) is 4.09. The Morgan fingerprint density at radius 2 is 2.00 bits per heavy atom. The van der Waals surface area contributed by atoms with E-state index < -0.39 is 17.9 Å². The number of oxazole rings is 1. The van der Waals surface area contributed by atoms with Gasteiger partial charge < -0.3 is 24.5 Å². The minimum absolute atomic E-state index is 0.0395. The van der Waals surface area contributed by atoms with Crippen LogP contribution in [0.25, 0.3) is 22.2 Å². The molecular formula is C25H26N4O5. The molecule has 9 heteroatoms. The van der Waals surface area contributed by atoms with Gasteiger partial charge in [0.25, 0.3) is 5.91 Å². The van der Waals surface area contributed by atoms with Crippen LogP contribution in [0.4, 0.5) is 0 Å². The summed E-state index contributed by atoms with van der Waals surface area (Å²) in [5.74, 6) is -0.680. The molecule has 176 valence electrons. The van der Waals surface area contributed by atoms with Gasteiger partial charge in [0, 0.05) is 26.6 Å². The van der Waals surface area contributed by atoms with Crippen molar-refractivity contribution >= 4 is 17.0 Å². The van der Waals surface area contributed by atoms with Gasteiger partial charge in [0.1, 0.15) is 12.1 Å². The summed E-state index contributed by atoms with van der Waals surface area (Å²) in [5, 5.41) is 15.7. The number of aryl methyl sites for hydroxylation is 1. The number of rotatable bonds is 5. The molecule has 1 aromatic heterocycles. The summed E-state index contributed by atoms with van der Waals surface area (Å²) in [6, 6.07) is 14.9. The molecule has 2 saturated heterocycles. The molecule has 1 amide bonds. The third-order valence-corrected chi connectivity index (χ3v) is 6.52. The molecule has 0 aliphatic carbocycles. The fraction of sp³-hybridized carbons (Fsp3) is 0.400. The Hall–Kier alpha value is -3.45. The number of nitrogens with zero attached hydrogens (tertiary/aromatic N) is 2. The summed E-state index contributed by atoms with van der Waals surface area (Å²) < 4.78 is 17.8. The van der Waals surface area contributed by atoms with Crippen LogP contribution in [0.15, 0.2) is 51.7 Å². The van der Waals surface area contributed by atoms with Crippen LogP contribution in [-0.4, -0.2) is 55.5 Å². The quantitative estimate of drug-likeness (QED) is 0.588. The van der Waals surface area contributed by atoms with Gasteiger partial charge in [-0.05, 0) is 28.8 Å². The fourth-order valence-electron chi connectivity index (χ4n) is 4.37. The van der Waals surface area contributed by atoms with Gasteiger partial charge in [-0.1, -0.05) is 30.3 Å². The molecule has 1 spiro atoms. The summed E-state index contributed by atoms with van der Waals surface area (Å²) >= 11 is 0. The Balaban J connectivity index is 1.22. The molecular weight excluding hydrogens is 436 g/mol. The minimum Gasteiger partial charge on any atom is -0.408 e. The van der Waals surface area contributed by atoms with Crippen molar-refractivity contribution in [2.24, 2.45) is 12.5 Å². The van der Waals surface area contributed by atoms with E-state index in [0.29, 0.717) is 38.4 Å². The number of hydrogen-bond donors (Lipinski definition) is 2. The SMILES string of the molecule is Cn1c(=O)oc2ccc(-c3ccc(CC(C#N)NC(=O)C4CNCC5(COC5)CO4)cc3)cc21. The first-order valence-corrected chi connectivity index (χ1v) is 11.3. The summed E-state index contributed by atoms with van der Waals surface area (Å²) in [6.45, 7) is 2.91. The topological polar surface area (TPSA) is 119 Å². The van der Waals surface area contributed by atoms with E-state index in [1.807, 2.05) is 36.4 Å². The zero-order chi connectivity index (χ0) is 23.7. The molecule has 2 aliphatic heterocycles. The lowest BCUT2D eigenvalue weighted by Gasteiger charge is -2.39. The monoisotopic (exact) mass is 462 g/mol. The molecule has 0 radical (unpaired) electrons. The summed E-state index contributed by atoms with van der Waals surface area (Å²) in [6.07, 6.45) is -0.248. The van der Waals surface area contributed by atoms with Crippen LogP contribution in [-0.2, 0) is 27.7 Å². The second kappa shape index (κ2) is 9.06. The average Bonchev–Trinajstić information content (AvgIpc) is 2.99. The first kappa shape index (κ1) is 22.3. The number of ether oxygens (including phenoxy) is 2. The van der Waals surface area contributed by atoms with Gasteiger partial charge >= 0.3 is 5.76 Å². The Morgan fingerprint density at radius 1 is 1.24 bits per heavy atom. The van der Waals surface area contributed by atoms with Crippen LogP contribution >= 0.6 is 0 Å². The van der Waals surface area contributed by atoms with Crippen molar-refractivity contribution in [2.75, 3.05) is 32.9 Å². The largest absolute Gasteiger partial charge is 0.419 e. The Labute approximate surface area is 196 Å². The van der Waals surface area contributed by atoms with Crippen molar-refractivity contribution in [3.05, 3.63) is 58.6 Å². The molecule has 2 N–H and O–H groups in total. The molecule has 2 aliphatic rings. The fourth-order valence-corrected chi connectivity index (χ4v) is 4.37. The van der Waals surface area contributed by atoms with Gasteiger partial charge in [0.15, 0.2) is 5.58 Å². The molecule has 9 nitrogen and oxygen atoms in total. The molecule has 2 aromatic carbocycles. The van der Waals surface area contributed by atoms with Crippen molar-refractivity contribution in [1.29, 1.82) is 5.26 Å². The predicted molar refractivity (Wildman–Crippen MR) is 124 cm³/mol. The lowest BCUT2D eigenvalue weighted by atomic mass is 9.87. The van der Waals surface area contributed by atoms with Gasteiger partial charge in [-0.15, -0.1) is 0 Å². The van der Waals surface area contributed by atoms with Crippen molar-refractivity contribution in [2.45, 2.75) is 18.6 Å². The normalized spacial score (nSPS) is 20.3. The van der Waals surface area contributed by atoms with E-state index in [4.69, 9.17) is 13.9 Å². The van der Waals surface area contributed by atoms with Crippen molar-refractivity contribution in [3.63, 3.8) is 0 Å². The number of nitrogens with one attached hydrogen (secondary N) is 2. The number of carbonyl (C=O) groups excluding carboxylic acids is 1. The first-order valence-electron chi connectivity index (χ1n) is 11.3. The number of carbonyl (C=O) groups is 1. The van der Waals surface area contributed by atoms with E-state index in [2.05, 4.69) is 16.7 Å². The van der Waals surface area contributed by atoms with Gasteiger partial charge in [-0.2, -0.15) is 5.26 Å². The van der Waals surface area contributed by atoms with Crippen LogP contribution in [0.5, 0.6) is 0 Å². The highest BCUT2D eigenvalue weighted by atomic mass is 16.5. The van der Waals surface area contributed by atoms with Gasteiger partial charge in [0.05, 0.1) is 36.8 Å². The lowest BCUT2D eigenvalue weighted by molar-refractivity contribution is -0.154. The van der Waals surface area contributed by atoms with Gasteiger partial charge in [0.2, 0.25) is 0 Å². The zero-order valence-corrected chi connectivity index (χ0v) is 18.9. The molecule has 2 atom stereocenters. The molecule has 2 fully saturated rings. The van der Waals surface area contributed by atoms with Crippen LogP contribution in [0.3, 0.4) is 0 Å². The van der Waals surface area contributed by atoms with Crippen molar-refractivity contribution in [1.82, 2.24) is 15.2 Å². The molecule has 34 heavy (non-hydrogen) atoms. The summed E-state index contributed by atoms with van der Waals surface area (Å²) in [4.78, 5) is 24.4. The molecule has 0 saturated carbocycles. The number of hydrogen-bond acceptors (Lipinski definition) is 7. The second-order valence-electron chi connectivity index (χ2n) is 9.12. The van der Waals surface area contributed by atoms with Crippen LogP contribution in [0, 0.1) is 16.7 Å². The van der Waals surface area contributed by atoms with Gasteiger partial charge in [-0.3, -0.25) is 9.36 Å². The maximum atomic E-state index is 12.7. The van der Waals surface area contributed by atoms with E-state index in [-0.39, 0.29) is 11.3 Å². The maximum absolute atomic E-state index is 12.7. The minimum atomic E-state index is -0.664. The average molecular weight is 463 g/mol. The standard InChI is InChI=1S/C25H26N4O5/c1-29-20-9-18(6-7-21(20)34-24(29)31)17-4-2-16(3-5-17)8-19(10-26)28-23(30)22-11-27-12-25(15-33-22)13-32-14-25/h2-7,9,19,22,27H,8,11-15H2,1H3,(H,28,30). The highest BCUT2D eigenvalue weighted by molar-refractivity contribution is 5.82.